The van der Waals surface area contributed by atoms with Gasteiger partial charge in [-0.15, -0.1) is 0 Å². The molecule has 0 saturated carbocycles. The predicted molar refractivity (Wildman–Crippen MR) is 73.4 cm³/mol. The van der Waals surface area contributed by atoms with Gasteiger partial charge in [0.15, 0.2) is 0 Å². The molecule has 0 spiro atoms. The molecule has 1 aliphatic rings. The van der Waals surface area contributed by atoms with E-state index in [0.29, 0.717) is 18.4 Å². The number of nitrogens with one attached hydrogen (secondary N) is 2. The summed E-state index contributed by atoms with van der Waals surface area (Å²) in [6.07, 6.45) is 1.63. The van der Waals surface area contributed by atoms with Crippen LogP contribution in [0, 0.1) is 0 Å². The van der Waals surface area contributed by atoms with Gasteiger partial charge in [0.25, 0.3) is 0 Å². The van der Waals surface area contributed by atoms with Crippen LogP contribution >= 0.6 is 0 Å². The fraction of sp³-hybridized carbons (Fsp3) is 0.533. The lowest BCUT2D eigenvalue weighted by Gasteiger charge is -2.12. The van der Waals surface area contributed by atoms with Crippen molar-refractivity contribution in [1.82, 2.24) is 10.6 Å². The van der Waals surface area contributed by atoms with Crippen molar-refractivity contribution in [2.45, 2.75) is 45.2 Å². The molecule has 1 atom stereocenters. The fourth-order valence-electron chi connectivity index (χ4n) is 2.24. The lowest BCUT2D eigenvalue weighted by atomic mass is 10.0. The molecule has 18 heavy (non-hydrogen) atoms. The van der Waals surface area contributed by atoms with E-state index >= 15 is 0 Å². The van der Waals surface area contributed by atoms with Crippen molar-refractivity contribution >= 4 is 5.91 Å². The van der Waals surface area contributed by atoms with Crippen molar-refractivity contribution < 1.29 is 4.79 Å². The van der Waals surface area contributed by atoms with Crippen LogP contribution in [0.3, 0.4) is 0 Å². The summed E-state index contributed by atoms with van der Waals surface area (Å²) < 4.78 is 0. The molecule has 1 aromatic carbocycles. The van der Waals surface area contributed by atoms with Crippen LogP contribution in [0.25, 0.3) is 0 Å². The number of carbonyl (C=O) groups is 1. The van der Waals surface area contributed by atoms with E-state index < -0.39 is 0 Å². The van der Waals surface area contributed by atoms with Crippen LogP contribution in [-0.2, 0) is 11.3 Å². The first-order valence-electron chi connectivity index (χ1n) is 6.74. The lowest BCUT2D eigenvalue weighted by molar-refractivity contribution is -0.119. The maximum Gasteiger partial charge on any atom is 0.220 e. The van der Waals surface area contributed by atoms with Crippen LogP contribution in [-0.4, -0.2) is 18.5 Å². The Morgan fingerprint density at radius 2 is 2.06 bits per heavy atom. The Morgan fingerprint density at radius 1 is 1.33 bits per heavy atom. The van der Waals surface area contributed by atoms with E-state index in [2.05, 4.69) is 48.7 Å². The summed E-state index contributed by atoms with van der Waals surface area (Å²) in [4.78, 5) is 11.0. The molecular weight excluding hydrogens is 224 g/mol. The minimum absolute atomic E-state index is 0.183. The minimum atomic E-state index is 0.183. The zero-order chi connectivity index (χ0) is 13.0. The second-order valence-corrected chi connectivity index (χ2v) is 5.33. The molecule has 1 aliphatic heterocycles. The van der Waals surface area contributed by atoms with Gasteiger partial charge >= 0.3 is 0 Å². The van der Waals surface area contributed by atoms with Crippen molar-refractivity contribution in [2.75, 3.05) is 6.54 Å². The highest BCUT2D eigenvalue weighted by Gasteiger charge is 2.19. The van der Waals surface area contributed by atoms with Gasteiger partial charge < -0.3 is 10.6 Å². The third-order valence-corrected chi connectivity index (χ3v) is 3.45. The molecular formula is C15H22N2O. The Bertz CT molecular complexity index is 397. The second kappa shape index (κ2) is 6.01. The minimum Gasteiger partial charge on any atom is -0.352 e. The second-order valence-electron chi connectivity index (χ2n) is 5.33. The molecule has 1 heterocycles. The van der Waals surface area contributed by atoms with Crippen LogP contribution in [0.2, 0.25) is 0 Å². The summed E-state index contributed by atoms with van der Waals surface area (Å²) in [5.41, 5.74) is 2.67. The normalized spacial score (nSPS) is 19.3. The SMILES string of the molecule is CC(C)c1ccc(CNCC2CCC(=O)N2)cc1. The number of rotatable bonds is 5. The number of hydrogen-bond donors (Lipinski definition) is 2. The highest BCUT2D eigenvalue weighted by molar-refractivity contribution is 5.78. The summed E-state index contributed by atoms with van der Waals surface area (Å²) in [6.45, 7) is 6.13. The molecule has 2 rings (SSSR count). The third-order valence-electron chi connectivity index (χ3n) is 3.45. The van der Waals surface area contributed by atoms with Gasteiger partial charge in [0.1, 0.15) is 0 Å². The molecule has 98 valence electrons. The van der Waals surface area contributed by atoms with Crippen LogP contribution in [0.4, 0.5) is 0 Å². The van der Waals surface area contributed by atoms with Crippen LogP contribution < -0.4 is 10.6 Å². The summed E-state index contributed by atoms with van der Waals surface area (Å²) in [7, 11) is 0. The van der Waals surface area contributed by atoms with Crippen molar-refractivity contribution in [1.29, 1.82) is 0 Å². The molecule has 1 unspecified atom stereocenters. The summed E-state index contributed by atoms with van der Waals surface area (Å²) in [5, 5.41) is 6.36. The zero-order valence-corrected chi connectivity index (χ0v) is 11.2. The van der Waals surface area contributed by atoms with Crippen molar-refractivity contribution in [3.63, 3.8) is 0 Å². The summed E-state index contributed by atoms with van der Waals surface area (Å²) in [5.74, 6) is 0.767. The topological polar surface area (TPSA) is 41.1 Å². The Kier molecular flexibility index (Phi) is 4.37. The Hall–Kier alpha value is -1.35. The monoisotopic (exact) mass is 246 g/mol. The first-order chi connectivity index (χ1) is 8.65. The van der Waals surface area contributed by atoms with Gasteiger partial charge in [-0.25, -0.2) is 0 Å². The average molecular weight is 246 g/mol. The molecule has 0 aliphatic carbocycles. The number of hydrogen-bond acceptors (Lipinski definition) is 2. The van der Waals surface area contributed by atoms with Gasteiger partial charge in [0, 0.05) is 25.6 Å². The highest BCUT2D eigenvalue weighted by Crippen LogP contribution is 2.14. The van der Waals surface area contributed by atoms with Gasteiger partial charge in [-0.1, -0.05) is 38.1 Å². The number of amides is 1. The number of benzene rings is 1. The van der Waals surface area contributed by atoms with Gasteiger partial charge in [-0.3, -0.25) is 4.79 Å². The quantitative estimate of drug-likeness (QED) is 0.836. The molecule has 0 aromatic heterocycles. The number of carbonyl (C=O) groups excluding carboxylic acids is 1. The smallest absolute Gasteiger partial charge is 0.220 e. The van der Waals surface area contributed by atoms with E-state index in [1.807, 2.05) is 0 Å². The molecule has 1 aromatic rings. The van der Waals surface area contributed by atoms with E-state index in [1.165, 1.54) is 11.1 Å². The molecule has 3 nitrogen and oxygen atoms in total. The molecule has 1 amide bonds. The lowest BCUT2D eigenvalue weighted by Crippen LogP contribution is -2.35. The summed E-state index contributed by atoms with van der Waals surface area (Å²) in [6, 6.07) is 9.05. The standard InChI is InChI=1S/C15H22N2O/c1-11(2)13-5-3-12(4-6-13)9-16-10-14-7-8-15(18)17-14/h3-6,11,14,16H,7-10H2,1-2H3,(H,17,18). The van der Waals surface area contributed by atoms with Crippen molar-refractivity contribution in [2.24, 2.45) is 0 Å². The average Bonchev–Trinajstić information content (AvgIpc) is 2.76. The van der Waals surface area contributed by atoms with E-state index in [-0.39, 0.29) is 5.91 Å². The van der Waals surface area contributed by atoms with Gasteiger partial charge in [0.2, 0.25) is 5.91 Å². The Morgan fingerprint density at radius 3 is 2.61 bits per heavy atom. The molecule has 1 saturated heterocycles. The van der Waals surface area contributed by atoms with Crippen LogP contribution in [0.15, 0.2) is 24.3 Å². The maximum atomic E-state index is 11.0. The van der Waals surface area contributed by atoms with Crippen molar-refractivity contribution in [3.8, 4) is 0 Å². The Balaban J connectivity index is 1.74. The third kappa shape index (κ3) is 3.57. The highest BCUT2D eigenvalue weighted by atomic mass is 16.1. The first kappa shape index (κ1) is 13.1. The van der Waals surface area contributed by atoms with Crippen LogP contribution in [0.1, 0.15) is 43.7 Å². The Labute approximate surface area is 109 Å². The van der Waals surface area contributed by atoms with E-state index in [0.717, 1.165) is 19.5 Å². The molecule has 2 N–H and O–H groups in total. The zero-order valence-electron chi connectivity index (χ0n) is 11.2. The van der Waals surface area contributed by atoms with Crippen molar-refractivity contribution in [3.05, 3.63) is 35.4 Å². The first-order valence-corrected chi connectivity index (χ1v) is 6.74. The van der Waals surface area contributed by atoms with E-state index in [1.54, 1.807) is 0 Å². The molecule has 3 heteroatoms. The van der Waals surface area contributed by atoms with Gasteiger partial charge in [-0.05, 0) is 23.5 Å². The maximum absolute atomic E-state index is 11.0. The van der Waals surface area contributed by atoms with E-state index in [4.69, 9.17) is 0 Å². The molecule has 1 fully saturated rings. The fourth-order valence-corrected chi connectivity index (χ4v) is 2.24. The largest absolute Gasteiger partial charge is 0.352 e. The van der Waals surface area contributed by atoms with Crippen LogP contribution in [0.5, 0.6) is 0 Å². The van der Waals surface area contributed by atoms with E-state index in [9.17, 15) is 4.79 Å². The molecule has 0 radical (unpaired) electrons. The molecule has 0 bridgehead atoms. The van der Waals surface area contributed by atoms with Gasteiger partial charge in [0.05, 0.1) is 0 Å². The predicted octanol–water partition coefficient (Wildman–Crippen LogP) is 2.18. The summed E-state index contributed by atoms with van der Waals surface area (Å²) >= 11 is 0. The van der Waals surface area contributed by atoms with Gasteiger partial charge in [-0.2, -0.15) is 0 Å².